The molecule has 0 bridgehead atoms. The first-order chi connectivity index (χ1) is 9.40. The average Bonchev–Trinajstić information content (AvgIpc) is 2.24. The molecule has 1 aromatic rings. The van der Waals surface area contributed by atoms with E-state index < -0.39 is 35.1 Å². The number of carboxylic acid groups (broad SMARTS) is 1. The lowest BCUT2D eigenvalue weighted by Gasteiger charge is -2.20. The van der Waals surface area contributed by atoms with Crippen molar-refractivity contribution < 1.29 is 32.6 Å². The first-order valence-corrected chi connectivity index (χ1v) is 5.70. The maximum absolute atomic E-state index is 12.8. The highest BCUT2D eigenvalue weighted by Gasteiger charge is 2.37. The molecule has 21 heavy (non-hydrogen) atoms. The molecule has 1 amide bonds. The van der Waals surface area contributed by atoms with Crippen LogP contribution in [-0.4, -0.2) is 27.8 Å². The first-order valence-electron chi connectivity index (χ1n) is 5.70. The smallest absolute Gasteiger partial charge is 0.418 e. The molecular weight excluding hydrogens is 293 g/mol. The SMILES string of the molecule is CC(C)(C)OC(=O)Nc1cnc(C(=O)O)c(C(F)(F)F)c1. The van der Waals surface area contributed by atoms with Gasteiger partial charge >= 0.3 is 18.2 Å². The van der Waals surface area contributed by atoms with E-state index in [4.69, 9.17) is 9.84 Å². The number of amides is 1. The third-order valence-electron chi connectivity index (χ3n) is 2.04. The van der Waals surface area contributed by atoms with Crippen LogP contribution in [0.4, 0.5) is 23.7 Å². The Kier molecular flexibility index (Phi) is 4.45. The van der Waals surface area contributed by atoms with Crippen molar-refractivity contribution in [1.29, 1.82) is 0 Å². The second-order valence-electron chi connectivity index (χ2n) is 5.05. The van der Waals surface area contributed by atoms with Gasteiger partial charge in [-0.25, -0.2) is 14.6 Å². The Labute approximate surface area is 117 Å². The standard InChI is InChI=1S/C12H13F3N2O4/c1-11(2,3)21-10(20)17-6-4-7(12(13,14)15)8(9(18)19)16-5-6/h4-5H,1-3H3,(H,17,20)(H,18,19). The highest BCUT2D eigenvalue weighted by atomic mass is 19.4. The molecule has 0 unspecified atom stereocenters. The topological polar surface area (TPSA) is 88.5 Å². The lowest BCUT2D eigenvalue weighted by molar-refractivity contribution is -0.138. The van der Waals surface area contributed by atoms with Gasteiger partial charge in [0.05, 0.1) is 17.4 Å². The molecule has 0 saturated heterocycles. The lowest BCUT2D eigenvalue weighted by Crippen LogP contribution is -2.27. The zero-order valence-electron chi connectivity index (χ0n) is 11.4. The van der Waals surface area contributed by atoms with Crippen LogP contribution >= 0.6 is 0 Å². The number of ether oxygens (including phenoxy) is 1. The van der Waals surface area contributed by atoms with Gasteiger partial charge in [0.1, 0.15) is 5.60 Å². The molecule has 1 aromatic heterocycles. The summed E-state index contributed by atoms with van der Waals surface area (Å²) in [5.74, 6) is -1.81. The predicted molar refractivity (Wildman–Crippen MR) is 66.1 cm³/mol. The molecule has 0 radical (unpaired) electrons. The lowest BCUT2D eigenvalue weighted by atomic mass is 10.1. The fraction of sp³-hybridized carbons (Fsp3) is 0.417. The van der Waals surface area contributed by atoms with E-state index >= 15 is 0 Å². The molecule has 2 N–H and O–H groups in total. The second-order valence-corrected chi connectivity index (χ2v) is 5.05. The van der Waals surface area contributed by atoms with Crippen molar-refractivity contribution in [1.82, 2.24) is 4.98 Å². The van der Waals surface area contributed by atoms with E-state index in [9.17, 15) is 22.8 Å². The normalized spacial score (nSPS) is 11.9. The molecular formula is C12H13F3N2O4. The number of rotatable bonds is 2. The molecule has 0 aromatic carbocycles. The van der Waals surface area contributed by atoms with Gasteiger partial charge in [-0.1, -0.05) is 0 Å². The highest BCUT2D eigenvalue weighted by molar-refractivity contribution is 5.89. The van der Waals surface area contributed by atoms with Crippen LogP contribution in [-0.2, 0) is 10.9 Å². The van der Waals surface area contributed by atoms with Crippen LogP contribution in [0.5, 0.6) is 0 Å². The quantitative estimate of drug-likeness (QED) is 0.876. The summed E-state index contributed by atoms with van der Waals surface area (Å²) in [6.07, 6.45) is -5.07. The van der Waals surface area contributed by atoms with Crippen molar-refractivity contribution in [2.75, 3.05) is 5.32 Å². The van der Waals surface area contributed by atoms with Gasteiger partial charge in [-0.05, 0) is 26.8 Å². The van der Waals surface area contributed by atoms with Gasteiger partial charge in [0.2, 0.25) is 0 Å². The van der Waals surface area contributed by atoms with E-state index in [2.05, 4.69) is 10.3 Å². The highest BCUT2D eigenvalue weighted by Crippen LogP contribution is 2.32. The Morgan fingerprint density at radius 1 is 1.29 bits per heavy atom. The molecule has 6 nitrogen and oxygen atoms in total. The van der Waals surface area contributed by atoms with Crippen LogP contribution in [0.1, 0.15) is 36.8 Å². The van der Waals surface area contributed by atoms with Crippen LogP contribution in [0, 0.1) is 0 Å². The van der Waals surface area contributed by atoms with Crippen molar-refractivity contribution in [2.24, 2.45) is 0 Å². The van der Waals surface area contributed by atoms with E-state index in [1.807, 2.05) is 0 Å². The van der Waals surface area contributed by atoms with Crippen molar-refractivity contribution in [3.05, 3.63) is 23.5 Å². The Morgan fingerprint density at radius 2 is 1.86 bits per heavy atom. The van der Waals surface area contributed by atoms with Crippen molar-refractivity contribution in [2.45, 2.75) is 32.5 Å². The monoisotopic (exact) mass is 306 g/mol. The summed E-state index contributed by atoms with van der Waals surface area (Å²) in [6, 6.07) is 0.486. The van der Waals surface area contributed by atoms with E-state index in [0.29, 0.717) is 6.07 Å². The maximum atomic E-state index is 12.8. The number of hydrogen-bond donors (Lipinski definition) is 2. The molecule has 1 rings (SSSR count). The number of anilines is 1. The van der Waals surface area contributed by atoms with Gasteiger partial charge in [-0.15, -0.1) is 0 Å². The molecule has 0 aliphatic heterocycles. The van der Waals surface area contributed by atoms with Crippen molar-refractivity contribution >= 4 is 17.7 Å². The summed E-state index contributed by atoms with van der Waals surface area (Å²) in [7, 11) is 0. The number of nitrogens with one attached hydrogen (secondary N) is 1. The number of aromatic nitrogens is 1. The number of alkyl halides is 3. The number of carbonyl (C=O) groups excluding carboxylic acids is 1. The summed E-state index contributed by atoms with van der Waals surface area (Å²) in [4.78, 5) is 25.4. The molecule has 0 saturated carbocycles. The van der Waals surface area contributed by atoms with E-state index in [-0.39, 0.29) is 5.69 Å². The molecule has 0 atom stereocenters. The Hall–Kier alpha value is -2.32. The summed E-state index contributed by atoms with van der Waals surface area (Å²) >= 11 is 0. The minimum absolute atomic E-state index is 0.318. The molecule has 9 heteroatoms. The van der Waals surface area contributed by atoms with Crippen LogP contribution in [0.25, 0.3) is 0 Å². The minimum Gasteiger partial charge on any atom is -0.476 e. The summed E-state index contributed by atoms with van der Waals surface area (Å²) in [5.41, 5.74) is -3.74. The van der Waals surface area contributed by atoms with E-state index in [1.165, 1.54) is 0 Å². The largest absolute Gasteiger partial charge is 0.476 e. The predicted octanol–water partition coefficient (Wildman–Crippen LogP) is 3.15. The van der Waals surface area contributed by atoms with Crippen LogP contribution in [0.2, 0.25) is 0 Å². The molecule has 0 aliphatic rings. The average molecular weight is 306 g/mol. The van der Waals surface area contributed by atoms with Crippen LogP contribution < -0.4 is 5.32 Å². The van der Waals surface area contributed by atoms with Gasteiger partial charge in [0.25, 0.3) is 0 Å². The van der Waals surface area contributed by atoms with Gasteiger partial charge < -0.3 is 9.84 Å². The fourth-order valence-corrected chi connectivity index (χ4v) is 1.34. The number of carboxylic acids is 1. The van der Waals surface area contributed by atoms with Gasteiger partial charge in [-0.2, -0.15) is 13.2 Å². The van der Waals surface area contributed by atoms with E-state index in [1.54, 1.807) is 20.8 Å². The maximum Gasteiger partial charge on any atom is 0.418 e. The molecule has 0 aliphatic carbocycles. The van der Waals surface area contributed by atoms with Gasteiger partial charge in [0.15, 0.2) is 5.69 Å². The summed E-state index contributed by atoms with van der Waals surface area (Å²) in [5, 5.41) is 10.7. The number of halogens is 3. The fourth-order valence-electron chi connectivity index (χ4n) is 1.34. The number of carbonyl (C=O) groups is 2. The Bertz CT molecular complexity index is 565. The number of pyridine rings is 1. The van der Waals surface area contributed by atoms with Crippen molar-refractivity contribution in [3.8, 4) is 0 Å². The molecule has 1 heterocycles. The third-order valence-corrected chi connectivity index (χ3v) is 2.04. The molecule has 0 fully saturated rings. The summed E-state index contributed by atoms with van der Waals surface area (Å²) < 4.78 is 43.1. The zero-order chi connectivity index (χ0) is 16.4. The first kappa shape index (κ1) is 16.7. The minimum atomic E-state index is -4.91. The van der Waals surface area contributed by atoms with Gasteiger partial charge in [0, 0.05) is 0 Å². The Balaban J connectivity index is 3.07. The molecule has 0 spiro atoms. The number of hydrogen-bond acceptors (Lipinski definition) is 4. The zero-order valence-corrected chi connectivity index (χ0v) is 11.4. The molecule has 116 valence electrons. The third kappa shape index (κ3) is 4.93. The van der Waals surface area contributed by atoms with E-state index in [0.717, 1.165) is 6.20 Å². The number of nitrogens with zero attached hydrogens (tertiary/aromatic N) is 1. The van der Waals surface area contributed by atoms with Crippen LogP contribution in [0.3, 0.4) is 0 Å². The van der Waals surface area contributed by atoms with Gasteiger partial charge in [-0.3, -0.25) is 5.32 Å². The number of aromatic carboxylic acids is 1. The second kappa shape index (κ2) is 5.58. The Morgan fingerprint density at radius 3 is 2.29 bits per heavy atom. The summed E-state index contributed by atoms with van der Waals surface area (Å²) in [6.45, 7) is 4.75. The van der Waals surface area contributed by atoms with Crippen molar-refractivity contribution in [3.63, 3.8) is 0 Å². The van der Waals surface area contributed by atoms with Crippen LogP contribution in [0.15, 0.2) is 12.3 Å².